The Morgan fingerprint density at radius 2 is 2.00 bits per heavy atom. The average Bonchev–Trinajstić information content (AvgIpc) is 2.43. The largest absolute Gasteiger partial charge is 0.395 e. The van der Waals surface area contributed by atoms with Crippen LogP contribution in [0.3, 0.4) is 0 Å². The number of fused-ring (bicyclic) bond motifs is 1. The molecule has 0 atom stereocenters. The van der Waals surface area contributed by atoms with E-state index in [0.29, 0.717) is 19.1 Å². The Balaban J connectivity index is 2.41. The van der Waals surface area contributed by atoms with Gasteiger partial charge in [0.05, 0.1) is 22.8 Å². The van der Waals surface area contributed by atoms with Gasteiger partial charge in [-0.2, -0.15) is 0 Å². The van der Waals surface area contributed by atoms with Crippen molar-refractivity contribution in [3.8, 4) is 0 Å². The molecular formula is C16H21ClN2O. The predicted molar refractivity (Wildman–Crippen MR) is 84.1 cm³/mol. The van der Waals surface area contributed by atoms with E-state index in [0.717, 1.165) is 27.2 Å². The fourth-order valence-corrected chi connectivity index (χ4v) is 2.57. The van der Waals surface area contributed by atoms with Crippen molar-refractivity contribution in [2.24, 2.45) is 0 Å². The number of rotatable bonds is 5. The second-order valence-corrected chi connectivity index (χ2v) is 5.68. The van der Waals surface area contributed by atoms with Crippen LogP contribution in [0.1, 0.15) is 25.1 Å². The highest BCUT2D eigenvalue weighted by Crippen LogP contribution is 2.27. The molecule has 0 radical (unpaired) electrons. The third-order valence-corrected chi connectivity index (χ3v) is 4.12. The first-order valence-corrected chi connectivity index (χ1v) is 7.31. The molecule has 0 bridgehead atoms. The number of nitrogens with zero attached hydrogens (tertiary/aromatic N) is 2. The standard InChI is InChI=1S/C16H21ClN2O/c1-11(2)19(8-9-20)10-15-16(17)12(3)13-6-4-5-7-14(13)18-15/h4-7,11,20H,8-10H2,1-3H3. The van der Waals surface area contributed by atoms with Gasteiger partial charge in [0, 0.05) is 24.5 Å². The lowest BCUT2D eigenvalue weighted by Gasteiger charge is -2.26. The number of para-hydroxylation sites is 1. The first kappa shape index (κ1) is 15.2. The van der Waals surface area contributed by atoms with Gasteiger partial charge >= 0.3 is 0 Å². The van der Waals surface area contributed by atoms with Crippen LogP contribution in [0, 0.1) is 6.92 Å². The minimum Gasteiger partial charge on any atom is -0.395 e. The molecule has 4 heteroatoms. The number of aromatic nitrogens is 1. The van der Waals surface area contributed by atoms with Gasteiger partial charge in [-0.3, -0.25) is 4.90 Å². The molecule has 1 aromatic heterocycles. The van der Waals surface area contributed by atoms with Crippen molar-refractivity contribution in [1.82, 2.24) is 9.88 Å². The van der Waals surface area contributed by atoms with Gasteiger partial charge in [-0.25, -0.2) is 4.98 Å². The highest BCUT2D eigenvalue weighted by molar-refractivity contribution is 6.32. The molecule has 1 aromatic carbocycles. The third-order valence-electron chi connectivity index (χ3n) is 3.62. The lowest BCUT2D eigenvalue weighted by Crippen LogP contribution is -2.33. The summed E-state index contributed by atoms with van der Waals surface area (Å²) in [6.07, 6.45) is 0. The smallest absolute Gasteiger partial charge is 0.0740 e. The topological polar surface area (TPSA) is 36.4 Å². The van der Waals surface area contributed by atoms with Crippen LogP contribution in [0.15, 0.2) is 24.3 Å². The zero-order chi connectivity index (χ0) is 14.7. The second-order valence-electron chi connectivity index (χ2n) is 5.30. The maximum absolute atomic E-state index is 9.16. The van der Waals surface area contributed by atoms with Crippen LogP contribution < -0.4 is 0 Å². The minimum absolute atomic E-state index is 0.141. The molecule has 1 heterocycles. The fourth-order valence-electron chi connectivity index (χ4n) is 2.36. The molecular weight excluding hydrogens is 272 g/mol. The van der Waals surface area contributed by atoms with Gasteiger partial charge < -0.3 is 5.11 Å². The maximum Gasteiger partial charge on any atom is 0.0740 e. The molecule has 1 N–H and O–H groups in total. The van der Waals surface area contributed by atoms with E-state index in [1.807, 2.05) is 31.2 Å². The van der Waals surface area contributed by atoms with Crippen molar-refractivity contribution < 1.29 is 5.11 Å². The molecule has 0 aliphatic heterocycles. The van der Waals surface area contributed by atoms with Crippen LogP contribution in [0.5, 0.6) is 0 Å². The summed E-state index contributed by atoms with van der Waals surface area (Å²) in [4.78, 5) is 6.85. The molecule has 0 amide bonds. The summed E-state index contributed by atoms with van der Waals surface area (Å²) in [6, 6.07) is 8.38. The minimum atomic E-state index is 0.141. The van der Waals surface area contributed by atoms with Crippen molar-refractivity contribution in [2.75, 3.05) is 13.2 Å². The second kappa shape index (κ2) is 6.53. The normalized spacial score (nSPS) is 11.8. The Morgan fingerprint density at radius 3 is 2.65 bits per heavy atom. The average molecular weight is 293 g/mol. The van der Waals surface area contributed by atoms with Gasteiger partial charge in [-0.05, 0) is 32.4 Å². The highest BCUT2D eigenvalue weighted by atomic mass is 35.5. The van der Waals surface area contributed by atoms with E-state index in [-0.39, 0.29) is 6.61 Å². The number of aliphatic hydroxyl groups is 1. The van der Waals surface area contributed by atoms with Crippen molar-refractivity contribution >= 4 is 22.5 Å². The van der Waals surface area contributed by atoms with Gasteiger partial charge in [-0.1, -0.05) is 29.8 Å². The quantitative estimate of drug-likeness (QED) is 0.917. The highest BCUT2D eigenvalue weighted by Gasteiger charge is 2.15. The summed E-state index contributed by atoms with van der Waals surface area (Å²) in [5.41, 5.74) is 2.92. The van der Waals surface area contributed by atoms with Crippen molar-refractivity contribution in [2.45, 2.75) is 33.4 Å². The summed E-state index contributed by atoms with van der Waals surface area (Å²) in [5.74, 6) is 0. The van der Waals surface area contributed by atoms with Crippen LogP contribution in [0.2, 0.25) is 5.02 Å². The van der Waals surface area contributed by atoms with Crippen LogP contribution in [0.4, 0.5) is 0 Å². The van der Waals surface area contributed by atoms with Crippen molar-refractivity contribution in [3.05, 3.63) is 40.5 Å². The zero-order valence-corrected chi connectivity index (χ0v) is 13.0. The molecule has 0 spiro atoms. The van der Waals surface area contributed by atoms with E-state index in [9.17, 15) is 0 Å². The Morgan fingerprint density at radius 1 is 1.30 bits per heavy atom. The Kier molecular flexibility index (Phi) is 4.97. The molecule has 0 aliphatic rings. The van der Waals surface area contributed by atoms with Crippen LogP contribution in [-0.2, 0) is 6.54 Å². The number of halogens is 1. The number of hydrogen-bond donors (Lipinski definition) is 1. The zero-order valence-electron chi connectivity index (χ0n) is 12.2. The summed E-state index contributed by atoms with van der Waals surface area (Å²) >= 11 is 6.47. The molecule has 0 saturated carbocycles. The van der Waals surface area contributed by atoms with Crippen LogP contribution in [0.25, 0.3) is 10.9 Å². The maximum atomic E-state index is 9.16. The third kappa shape index (κ3) is 3.11. The van der Waals surface area contributed by atoms with E-state index in [1.54, 1.807) is 0 Å². The predicted octanol–water partition coefficient (Wildman–Crippen LogP) is 3.40. The molecule has 3 nitrogen and oxygen atoms in total. The number of aryl methyl sites for hydroxylation is 1. The number of hydrogen-bond acceptors (Lipinski definition) is 3. The number of benzene rings is 1. The summed E-state index contributed by atoms with van der Waals surface area (Å²) in [5, 5.41) is 11.0. The van der Waals surface area contributed by atoms with E-state index >= 15 is 0 Å². The Hall–Kier alpha value is -1.16. The van der Waals surface area contributed by atoms with Crippen LogP contribution >= 0.6 is 11.6 Å². The van der Waals surface area contributed by atoms with Gasteiger partial charge in [0.25, 0.3) is 0 Å². The Bertz CT molecular complexity index is 598. The molecule has 0 aliphatic carbocycles. The van der Waals surface area contributed by atoms with E-state index < -0.39 is 0 Å². The number of aliphatic hydroxyl groups excluding tert-OH is 1. The fraction of sp³-hybridized carbons (Fsp3) is 0.438. The number of pyridine rings is 1. The lowest BCUT2D eigenvalue weighted by molar-refractivity contribution is 0.158. The van der Waals surface area contributed by atoms with Gasteiger partial charge in [0.1, 0.15) is 0 Å². The summed E-state index contributed by atoms with van der Waals surface area (Å²) in [6.45, 7) is 7.67. The molecule has 108 valence electrons. The van der Waals surface area contributed by atoms with Crippen LogP contribution in [-0.4, -0.2) is 34.2 Å². The van der Waals surface area contributed by atoms with Gasteiger partial charge in [0.2, 0.25) is 0 Å². The molecule has 0 saturated heterocycles. The lowest BCUT2D eigenvalue weighted by atomic mass is 10.1. The van der Waals surface area contributed by atoms with Gasteiger partial charge in [0.15, 0.2) is 0 Å². The monoisotopic (exact) mass is 292 g/mol. The van der Waals surface area contributed by atoms with E-state index in [1.165, 1.54) is 0 Å². The summed E-state index contributed by atoms with van der Waals surface area (Å²) in [7, 11) is 0. The molecule has 2 aromatic rings. The van der Waals surface area contributed by atoms with E-state index in [2.05, 4.69) is 23.7 Å². The molecule has 0 fully saturated rings. The summed E-state index contributed by atoms with van der Waals surface area (Å²) < 4.78 is 0. The molecule has 0 unspecified atom stereocenters. The van der Waals surface area contributed by atoms with Crippen molar-refractivity contribution in [1.29, 1.82) is 0 Å². The van der Waals surface area contributed by atoms with E-state index in [4.69, 9.17) is 16.7 Å². The first-order chi connectivity index (χ1) is 9.54. The first-order valence-electron chi connectivity index (χ1n) is 6.93. The van der Waals surface area contributed by atoms with Gasteiger partial charge in [-0.15, -0.1) is 0 Å². The Labute approximate surface area is 125 Å². The SMILES string of the molecule is Cc1c(Cl)c(CN(CCO)C(C)C)nc2ccccc12. The van der Waals surface area contributed by atoms with Crippen molar-refractivity contribution in [3.63, 3.8) is 0 Å². The molecule has 2 rings (SSSR count). The molecule has 20 heavy (non-hydrogen) atoms.